The maximum Gasteiger partial charge on any atom is 0.137 e. The van der Waals surface area contributed by atoms with Gasteiger partial charge in [-0.05, 0) is 36.4 Å². The van der Waals surface area contributed by atoms with Crippen LogP contribution in [0.25, 0.3) is 21.8 Å². The Morgan fingerprint density at radius 3 is 1.44 bits per heavy atom. The van der Waals surface area contributed by atoms with E-state index in [9.17, 15) is 0 Å². The molecule has 0 radical (unpaired) electrons. The molecule has 0 saturated carbocycles. The number of hydrogen-bond donors (Lipinski definition) is 1. The second-order valence-electron chi connectivity index (χ2n) is 9.26. The van der Waals surface area contributed by atoms with Crippen LogP contribution in [0.2, 0.25) is 0 Å². The number of nitrogens with one attached hydrogen (secondary N) is 1. The largest absolute Gasteiger partial charge is 0.488 e. The molecular weight excluding hydrogens is 338 g/mol. The van der Waals surface area contributed by atoms with E-state index in [-0.39, 0.29) is 0 Å². The number of benzene rings is 2. The van der Waals surface area contributed by atoms with Crippen LogP contribution in [0.3, 0.4) is 0 Å². The van der Waals surface area contributed by atoms with E-state index in [1.165, 1.54) is 10.8 Å². The minimum absolute atomic E-state index is 0.705. The van der Waals surface area contributed by atoms with Gasteiger partial charge < -0.3 is 23.4 Å². The van der Waals surface area contributed by atoms with E-state index in [2.05, 4.69) is 71.5 Å². The molecule has 146 valence electrons. The van der Waals surface area contributed by atoms with Gasteiger partial charge in [0.1, 0.15) is 37.8 Å². The third-order valence-corrected chi connectivity index (χ3v) is 4.60. The third-order valence-electron chi connectivity index (χ3n) is 4.60. The standard InChI is InChI=1S/C22H33N3O2/c1-24(2,3)11-13-26-17-7-9-21-19(15-17)20-16-18(8-10-22(20)23-21)27-14-12-25(4,5)6/h7-10,15-16,23H,11-14H2,1-6H3/q+2. The van der Waals surface area contributed by atoms with Gasteiger partial charge in [-0.2, -0.15) is 0 Å². The van der Waals surface area contributed by atoms with Crippen LogP contribution in [0.1, 0.15) is 0 Å². The molecule has 0 aliphatic carbocycles. The summed E-state index contributed by atoms with van der Waals surface area (Å²) >= 11 is 0. The highest BCUT2D eigenvalue weighted by molar-refractivity contribution is 6.08. The van der Waals surface area contributed by atoms with Crippen molar-refractivity contribution in [3.63, 3.8) is 0 Å². The SMILES string of the molecule is C[N+](C)(C)CCOc1ccc2[nH]c3ccc(OCC[N+](C)(C)C)cc3c2c1. The van der Waals surface area contributed by atoms with E-state index in [1.54, 1.807) is 0 Å². The molecule has 0 aliphatic rings. The van der Waals surface area contributed by atoms with Gasteiger partial charge >= 0.3 is 0 Å². The number of fused-ring (bicyclic) bond motifs is 3. The smallest absolute Gasteiger partial charge is 0.137 e. The Morgan fingerprint density at radius 1 is 0.667 bits per heavy atom. The molecule has 27 heavy (non-hydrogen) atoms. The molecule has 1 aromatic heterocycles. The maximum atomic E-state index is 5.98. The molecular formula is C22H33N3O2+2. The van der Waals surface area contributed by atoms with Crippen LogP contribution in [-0.2, 0) is 0 Å². The van der Waals surface area contributed by atoms with Gasteiger partial charge in [0, 0.05) is 21.8 Å². The number of aromatic nitrogens is 1. The van der Waals surface area contributed by atoms with E-state index >= 15 is 0 Å². The molecule has 5 nitrogen and oxygen atoms in total. The number of ether oxygens (including phenoxy) is 2. The third kappa shape index (κ3) is 5.37. The van der Waals surface area contributed by atoms with Crippen molar-refractivity contribution in [2.45, 2.75) is 0 Å². The highest BCUT2D eigenvalue weighted by atomic mass is 16.5. The van der Waals surface area contributed by atoms with Gasteiger partial charge in [-0.15, -0.1) is 0 Å². The molecule has 1 heterocycles. The first-order chi connectivity index (χ1) is 12.6. The summed E-state index contributed by atoms with van der Waals surface area (Å²) in [7, 11) is 13.0. The Morgan fingerprint density at radius 2 is 1.07 bits per heavy atom. The highest BCUT2D eigenvalue weighted by Crippen LogP contribution is 2.31. The summed E-state index contributed by atoms with van der Waals surface area (Å²) in [6.45, 7) is 3.35. The molecule has 0 atom stereocenters. The number of H-pyrrole nitrogens is 1. The van der Waals surface area contributed by atoms with Gasteiger partial charge in [-0.1, -0.05) is 0 Å². The van der Waals surface area contributed by atoms with Crippen molar-refractivity contribution in [2.75, 3.05) is 68.6 Å². The molecule has 0 saturated heterocycles. The Bertz CT molecular complexity index is 843. The van der Waals surface area contributed by atoms with Crippen molar-refractivity contribution in [2.24, 2.45) is 0 Å². The van der Waals surface area contributed by atoms with Crippen LogP contribution >= 0.6 is 0 Å². The fourth-order valence-corrected chi connectivity index (χ4v) is 2.91. The summed E-state index contributed by atoms with van der Waals surface area (Å²) in [6, 6.07) is 12.5. The van der Waals surface area contributed by atoms with Crippen molar-refractivity contribution in [1.82, 2.24) is 4.98 Å². The zero-order chi connectivity index (χ0) is 19.7. The minimum atomic E-state index is 0.705. The van der Waals surface area contributed by atoms with E-state index in [0.717, 1.165) is 44.6 Å². The summed E-state index contributed by atoms with van der Waals surface area (Å²) in [5, 5.41) is 2.34. The molecule has 1 N–H and O–H groups in total. The second-order valence-corrected chi connectivity index (χ2v) is 9.26. The predicted molar refractivity (Wildman–Crippen MR) is 113 cm³/mol. The zero-order valence-electron chi connectivity index (χ0n) is 17.5. The number of hydrogen-bond acceptors (Lipinski definition) is 2. The Hall–Kier alpha value is -2.24. The average Bonchev–Trinajstić information content (AvgIpc) is 2.90. The lowest BCUT2D eigenvalue weighted by molar-refractivity contribution is -0.870. The summed E-state index contributed by atoms with van der Waals surface area (Å²) in [4.78, 5) is 3.48. The lowest BCUT2D eigenvalue weighted by Gasteiger charge is -2.23. The fourth-order valence-electron chi connectivity index (χ4n) is 2.91. The number of nitrogens with zero attached hydrogens (tertiary/aromatic N) is 2. The Kier molecular flexibility index (Phi) is 5.36. The Labute approximate surface area is 162 Å². The first-order valence-electron chi connectivity index (χ1n) is 9.53. The van der Waals surface area contributed by atoms with Crippen LogP contribution in [0.5, 0.6) is 11.5 Å². The normalized spacial score (nSPS) is 12.7. The molecule has 0 spiro atoms. The van der Waals surface area contributed by atoms with Crippen molar-refractivity contribution in [3.05, 3.63) is 36.4 Å². The van der Waals surface area contributed by atoms with Crippen LogP contribution in [0.4, 0.5) is 0 Å². The van der Waals surface area contributed by atoms with Crippen LogP contribution in [0, 0.1) is 0 Å². The minimum Gasteiger partial charge on any atom is -0.488 e. The second kappa shape index (κ2) is 7.41. The summed E-state index contributed by atoms with van der Waals surface area (Å²) < 4.78 is 13.7. The van der Waals surface area contributed by atoms with Crippen molar-refractivity contribution < 1.29 is 18.4 Å². The average molecular weight is 372 g/mol. The number of aromatic amines is 1. The molecule has 0 amide bonds. The number of quaternary nitrogens is 2. The molecule has 3 rings (SSSR count). The molecule has 0 fully saturated rings. The Balaban J connectivity index is 1.79. The first kappa shape index (κ1) is 19.5. The van der Waals surface area contributed by atoms with E-state index in [1.807, 2.05) is 12.1 Å². The van der Waals surface area contributed by atoms with Crippen molar-refractivity contribution >= 4 is 21.8 Å². The van der Waals surface area contributed by atoms with E-state index in [4.69, 9.17) is 9.47 Å². The topological polar surface area (TPSA) is 34.2 Å². The lowest BCUT2D eigenvalue weighted by Crippen LogP contribution is -2.38. The van der Waals surface area contributed by atoms with E-state index in [0.29, 0.717) is 13.2 Å². The molecule has 0 unspecified atom stereocenters. The molecule has 0 aliphatic heterocycles. The van der Waals surface area contributed by atoms with Gasteiger partial charge in [0.05, 0.1) is 42.3 Å². The summed E-state index contributed by atoms with van der Waals surface area (Å²) in [5.41, 5.74) is 2.24. The molecule has 3 aromatic rings. The molecule has 0 bridgehead atoms. The van der Waals surface area contributed by atoms with Crippen LogP contribution in [0.15, 0.2) is 36.4 Å². The summed E-state index contributed by atoms with van der Waals surface area (Å²) in [6.07, 6.45) is 0. The molecule has 5 heteroatoms. The first-order valence-corrected chi connectivity index (χ1v) is 9.53. The van der Waals surface area contributed by atoms with Crippen molar-refractivity contribution in [3.8, 4) is 11.5 Å². The predicted octanol–water partition coefficient (Wildman–Crippen LogP) is 3.49. The molecule has 2 aromatic carbocycles. The van der Waals surface area contributed by atoms with Gasteiger partial charge in [-0.3, -0.25) is 0 Å². The number of likely N-dealkylation sites (N-methyl/N-ethyl adjacent to an activating group) is 2. The number of rotatable bonds is 8. The van der Waals surface area contributed by atoms with Crippen LogP contribution < -0.4 is 9.47 Å². The van der Waals surface area contributed by atoms with Crippen LogP contribution in [-0.4, -0.2) is 82.5 Å². The lowest BCUT2D eigenvalue weighted by atomic mass is 10.1. The fraction of sp³-hybridized carbons (Fsp3) is 0.455. The van der Waals surface area contributed by atoms with Gasteiger partial charge in [0.25, 0.3) is 0 Å². The van der Waals surface area contributed by atoms with Crippen molar-refractivity contribution in [1.29, 1.82) is 0 Å². The maximum absolute atomic E-state index is 5.98. The summed E-state index contributed by atoms with van der Waals surface area (Å²) in [5.74, 6) is 1.82. The quantitative estimate of drug-likeness (QED) is 0.615. The highest BCUT2D eigenvalue weighted by Gasteiger charge is 2.11. The monoisotopic (exact) mass is 371 g/mol. The van der Waals surface area contributed by atoms with Gasteiger partial charge in [0.15, 0.2) is 0 Å². The zero-order valence-corrected chi connectivity index (χ0v) is 17.5. The van der Waals surface area contributed by atoms with Gasteiger partial charge in [-0.25, -0.2) is 0 Å². The van der Waals surface area contributed by atoms with E-state index < -0.39 is 0 Å². The van der Waals surface area contributed by atoms with Gasteiger partial charge in [0.2, 0.25) is 0 Å².